The van der Waals surface area contributed by atoms with E-state index in [-0.39, 0.29) is 6.04 Å². The standard InChI is InChI=1S/C21H31N5O3/c1-4-17-13-19(29-25-17)14-23-21(22-2)24-15-20(26-9-11-28-12-10-26)16-5-7-18(27-3)8-6-16/h5-8,13,20H,4,9-12,14-15H2,1-3H3,(H2,22,23,24). The molecule has 29 heavy (non-hydrogen) atoms. The lowest BCUT2D eigenvalue weighted by Crippen LogP contribution is -2.46. The van der Waals surface area contributed by atoms with Crippen LogP contribution in [-0.2, 0) is 17.7 Å². The van der Waals surface area contributed by atoms with Gasteiger partial charge in [-0.15, -0.1) is 0 Å². The molecule has 2 N–H and O–H groups in total. The molecule has 1 atom stereocenters. The summed E-state index contributed by atoms with van der Waals surface area (Å²) in [6.07, 6.45) is 0.861. The maximum Gasteiger partial charge on any atom is 0.191 e. The number of nitrogens with one attached hydrogen (secondary N) is 2. The molecule has 0 radical (unpaired) electrons. The summed E-state index contributed by atoms with van der Waals surface area (Å²) < 4.78 is 16.2. The van der Waals surface area contributed by atoms with Crippen LogP contribution < -0.4 is 15.4 Å². The Kier molecular flexibility index (Phi) is 7.89. The van der Waals surface area contributed by atoms with Gasteiger partial charge in [-0.1, -0.05) is 24.2 Å². The van der Waals surface area contributed by atoms with E-state index in [0.29, 0.717) is 6.54 Å². The van der Waals surface area contributed by atoms with Crippen LogP contribution >= 0.6 is 0 Å². The third-order valence-corrected chi connectivity index (χ3v) is 5.07. The number of aryl methyl sites for hydroxylation is 1. The van der Waals surface area contributed by atoms with Gasteiger partial charge in [-0.05, 0) is 24.1 Å². The Morgan fingerprint density at radius 3 is 2.62 bits per heavy atom. The van der Waals surface area contributed by atoms with Gasteiger partial charge in [0.25, 0.3) is 0 Å². The van der Waals surface area contributed by atoms with Gasteiger partial charge >= 0.3 is 0 Å². The fourth-order valence-electron chi connectivity index (χ4n) is 3.36. The average molecular weight is 402 g/mol. The first kappa shape index (κ1) is 21.1. The van der Waals surface area contributed by atoms with Crippen LogP contribution in [0.5, 0.6) is 5.75 Å². The van der Waals surface area contributed by atoms with Crippen LogP contribution in [-0.4, -0.2) is 63.0 Å². The summed E-state index contributed by atoms with van der Waals surface area (Å²) in [5.41, 5.74) is 2.19. The normalized spacial score (nSPS) is 16.4. The molecular weight excluding hydrogens is 370 g/mol. The van der Waals surface area contributed by atoms with E-state index in [2.05, 4.69) is 44.7 Å². The Morgan fingerprint density at radius 2 is 2.00 bits per heavy atom. The molecule has 0 aliphatic carbocycles. The molecule has 0 amide bonds. The van der Waals surface area contributed by atoms with Gasteiger partial charge in [0.15, 0.2) is 11.7 Å². The minimum atomic E-state index is 0.209. The molecule has 1 aromatic carbocycles. The van der Waals surface area contributed by atoms with Crippen LogP contribution in [0.2, 0.25) is 0 Å². The van der Waals surface area contributed by atoms with E-state index >= 15 is 0 Å². The highest BCUT2D eigenvalue weighted by Gasteiger charge is 2.23. The first-order chi connectivity index (χ1) is 14.2. The molecule has 1 fully saturated rings. The van der Waals surface area contributed by atoms with E-state index in [4.69, 9.17) is 14.0 Å². The second kappa shape index (κ2) is 10.8. The summed E-state index contributed by atoms with van der Waals surface area (Å²) in [4.78, 5) is 6.78. The van der Waals surface area contributed by atoms with Crippen LogP contribution in [0.25, 0.3) is 0 Å². The lowest BCUT2D eigenvalue weighted by atomic mass is 10.0. The smallest absolute Gasteiger partial charge is 0.191 e. The highest BCUT2D eigenvalue weighted by Crippen LogP contribution is 2.23. The molecule has 8 nitrogen and oxygen atoms in total. The summed E-state index contributed by atoms with van der Waals surface area (Å²) in [7, 11) is 3.45. The molecule has 1 saturated heterocycles. The van der Waals surface area contributed by atoms with Crippen LogP contribution in [0.3, 0.4) is 0 Å². The topological polar surface area (TPSA) is 84.2 Å². The third kappa shape index (κ3) is 5.95. The SMILES string of the molecule is CCc1cc(CNC(=NC)NCC(c2ccc(OC)cc2)N2CCOCC2)on1. The molecule has 1 unspecified atom stereocenters. The van der Waals surface area contributed by atoms with Crippen LogP contribution in [0.15, 0.2) is 39.8 Å². The lowest BCUT2D eigenvalue weighted by Gasteiger charge is -2.35. The van der Waals surface area contributed by atoms with Crippen molar-refractivity contribution in [2.45, 2.75) is 25.9 Å². The fourth-order valence-corrected chi connectivity index (χ4v) is 3.36. The minimum Gasteiger partial charge on any atom is -0.497 e. The Balaban J connectivity index is 1.62. The summed E-state index contributed by atoms with van der Waals surface area (Å²) in [6, 6.07) is 10.4. The van der Waals surface area contributed by atoms with Crippen molar-refractivity contribution in [1.29, 1.82) is 0 Å². The number of rotatable bonds is 8. The Labute approximate surface area is 172 Å². The van der Waals surface area contributed by atoms with Crippen molar-refractivity contribution in [3.05, 3.63) is 47.3 Å². The van der Waals surface area contributed by atoms with Gasteiger partial charge in [-0.2, -0.15) is 0 Å². The summed E-state index contributed by atoms with van der Waals surface area (Å²) in [6.45, 7) is 6.64. The number of nitrogens with zero attached hydrogens (tertiary/aromatic N) is 3. The summed E-state index contributed by atoms with van der Waals surface area (Å²) >= 11 is 0. The maximum atomic E-state index is 5.53. The largest absolute Gasteiger partial charge is 0.497 e. The van der Waals surface area contributed by atoms with Gasteiger partial charge in [0.1, 0.15) is 5.75 Å². The van der Waals surface area contributed by atoms with Crippen molar-refractivity contribution in [1.82, 2.24) is 20.7 Å². The van der Waals surface area contributed by atoms with E-state index in [1.165, 1.54) is 5.56 Å². The van der Waals surface area contributed by atoms with Crippen LogP contribution in [0, 0.1) is 0 Å². The molecule has 1 aliphatic rings. The van der Waals surface area contributed by atoms with Gasteiger partial charge in [-0.3, -0.25) is 9.89 Å². The molecule has 3 rings (SSSR count). The number of aromatic nitrogens is 1. The highest BCUT2D eigenvalue weighted by atomic mass is 16.5. The number of morpholine rings is 1. The Bertz CT molecular complexity index is 769. The van der Waals surface area contributed by atoms with Crippen molar-refractivity contribution in [3.8, 4) is 5.75 Å². The molecule has 0 bridgehead atoms. The van der Waals surface area contributed by atoms with Crippen LogP contribution in [0.4, 0.5) is 0 Å². The number of guanidine groups is 1. The Morgan fingerprint density at radius 1 is 1.24 bits per heavy atom. The van der Waals surface area contributed by atoms with E-state index in [1.807, 2.05) is 18.2 Å². The Hall–Kier alpha value is -2.58. The third-order valence-electron chi connectivity index (χ3n) is 5.07. The quantitative estimate of drug-likeness (QED) is 0.517. The molecular formula is C21H31N5O3. The van der Waals surface area contributed by atoms with Crippen molar-refractivity contribution in [2.75, 3.05) is 47.0 Å². The fraction of sp³-hybridized carbons (Fsp3) is 0.524. The number of hydrogen-bond acceptors (Lipinski definition) is 6. The van der Waals surface area contributed by atoms with Gasteiger partial charge in [0.05, 0.1) is 38.6 Å². The molecule has 8 heteroatoms. The predicted octanol–water partition coefficient (Wildman–Crippen LogP) is 1.98. The number of benzene rings is 1. The van der Waals surface area contributed by atoms with Gasteiger partial charge in [0.2, 0.25) is 0 Å². The van der Waals surface area contributed by atoms with E-state index in [0.717, 1.165) is 62.4 Å². The molecule has 0 spiro atoms. The van der Waals surface area contributed by atoms with Crippen molar-refractivity contribution < 1.29 is 14.0 Å². The number of ether oxygens (including phenoxy) is 2. The molecule has 158 valence electrons. The van der Waals surface area contributed by atoms with E-state index in [1.54, 1.807) is 14.2 Å². The molecule has 0 saturated carbocycles. The first-order valence-corrected chi connectivity index (χ1v) is 10.1. The second-order valence-electron chi connectivity index (χ2n) is 6.88. The molecule has 2 aromatic rings. The van der Waals surface area contributed by atoms with E-state index in [9.17, 15) is 0 Å². The van der Waals surface area contributed by atoms with Crippen molar-refractivity contribution >= 4 is 5.96 Å². The monoisotopic (exact) mass is 401 g/mol. The maximum absolute atomic E-state index is 5.53. The predicted molar refractivity (Wildman–Crippen MR) is 112 cm³/mol. The van der Waals surface area contributed by atoms with Crippen LogP contribution in [0.1, 0.15) is 30.0 Å². The average Bonchev–Trinajstić information content (AvgIpc) is 3.25. The van der Waals surface area contributed by atoms with Gasteiger partial charge in [0, 0.05) is 32.7 Å². The number of aliphatic imine (C=N–C) groups is 1. The number of hydrogen-bond donors (Lipinski definition) is 2. The van der Waals surface area contributed by atoms with Gasteiger partial charge < -0.3 is 24.6 Å². The molecule has 2 heterocycles. The molecule has 1 aromatic heterocycles. The van der Waals surface area contributed by atoms with Crippen molar-refractivity contribution in [2.24, 2.45) is 4.99 Å². The summed E-state index contributed by atoms with van der Waals surface area (Å²) in [5, 5.41) is 10.8. The zero-order valence-electron chi connectivity index (χ0n) is 17.5. The van der Waals surface area contributed by atoms with E-state index < -0.39 is 0 Å². The highest BCUT2D eigenvalue weighted by molar-refractivity contribution is 5.79. The zero-order valence-corrected chi connectivity index (χ0v) is 17.5. The number of methoxy groups -OCH3 is 1. The van der Waals surface area contributed by atoms with Gasteiger partial charge in [-0.25, -0.2) is 0 Å². The minimum absolute atomic E-state index is 0.209. The first-order valence-electron chi connectivity index (χ1n) is 10.1. The lowest BCUT2D eigenvalue weighted by molar-refractivity contribution is 0.0170. The second-order valence-corrected chi connectivity index (χ2v) is 6.88. The molecule has 1 aliphatic heterocycles. The summed E-state index contributed by atoms with van der Waals surface area (Å²) in [5.74, 6) is 2.38. The van der Waals surface area contributed by atoms with Crippen molar-refractivity contribution in [3.63, 3.8) is 0 Å². The zero-order chi connectivity index (χ0) is 20.5.